The van der Waals surface area contributed by atoms with Crippen molar-refractivity contribution in [2.45, 2.75) is 6.61 Å². The van der Waals surface area contributed by atoms with E-state index < -0.39 is 12.6 Å². The fourth-order valence-corrected chi connectivity index (χ4v) is 1.30. The van der Waals surface area contributed by atoms with Crippen molar-refractivity contribution in [1.82, 2.24) is 4.90 Å². The Kier molecular flexibility index (Phi) is 9.32. The molecule has 118 valence electrons. The van der Waals surface area contributed by atoms with E-state index in [4.69, 9.17) is 4.74 Å². The fourth-order valence-electron chi connectivity index (χ4n) is 1.30. The summed E-state index contributed by atoms with van der Waals surface area (Å²) in [6.45, 7) is -1.88. The summed E-state index contributed by atoms with van der Waals surface area (Å²) in [7, 11) is 3.76. The van der Waals surface area contributed by atoms with E-state index in [9.17, 15) is 13.6 Å². The molecule has 0 atom stereocenters. The lowest BCUT2D eigenvalue weighted by Crippen LogP contribution is -3.00. The first-order valence-electron chi connectivity index (χ1n) is 6.02. The lowest BCUT2D eigenvalue weighted by atomic mass is 10.2. The number of halogens is 3. The van der Waals surface area contributed by atoms with Crippen molar-refractivity contribution in [1.29, 1.82) is 0 Å². The van der Waals surface area contributed by atoms with Gasteiger partial charge in [-0.1, -0.05) is 12.1 Å². The van der Waals surface area contributed by atoms with Crippen LogP contribution >= 0.6 is 0 Å². The lowest BCUT2D eigenvalue weighted by Gasteiger charge is -2.08. The third-order valence-electron chi connectivity index (χ3n) is 2.30. The molecule has 0 aliphatic heterocycles. The number of nitrogens with zero attached hydrogens (tertiary/aromatic N) is 1. The zero-order valence-electron chi connectivity index (χ0n) is 11.8. The molecule has 0 heterocycles. The summed E-state index contributed by atoms with van der Waals surface area (Å²) in [5.41, 5.74) is 0.691. The fraction of sp³-hybridized carbons (Fsp3) is 0.357. The maximum Gasteiger partial charge on any atom is 0.387 e. The van der Waals surface area contributed by atoms with Crippen LogP contribution < -0.4 is 17.1 Å². The molecule has 0 N–H and O–H groups in total. The lowest BCUT2D eigenvalue weighted by molar-refractivity contribution is -0.137. The van der Waals surface area contributed by atoms with Crippen LogP contribution in [-0.4, -0.2) is 44.7 Å². The van der Waals surface area contributed by atoms with E-state index in [0.29, 0.717) is 18.7 Å². The van der Waals surface area contributed by atoms with Crippen LogP contribution in [-0.2, 0) is 9.53 Å². The summed E-state index contributed by atoms with van der Waals surface area (Å²) in [4.78, 5) is 13.3. The van der Waals surface area contributed by atoms with Gasteiger partial charge in [0.1, 0.15) is 12.4 Å². The molecule has 0 radical (unpaired) electrons. The molecule has 0 unspecified atom stereocenters. The SMILES string of the molecule is CN(C)CCOC(=O)/C=C/c1ccc(OC(F)F)cc1.[Cl-]. The average Bonchev–Trinajstić information content (AvgIpc) is 2.37. The number of carbonyl (C=O) groups is 1. The minimum atomic E-state index is -2.84. The molecule has 1 rings (SSSR count). The van der Waals surface area contributed by atoms with Crippen molar-refractivity contribution in [3.8, 4) is 5.75 Å². The summed E-state index contributed by atoms with van der Waals surface area (Å²) >= 11 is 0. The van der Waals surface area contributed by atoms with E-state index in [1.807, 2.05) is 19.0 Å². The van der Waals surface area contributed by atoms with Gasteiger partial charge in [-0.25, -0.2) is 4.79 Å². The Morgan fingerprint density at radius 1 is 1.29 bits per heavy atom. The number of hydrogen-bond donors (Lipinski definition) is 0. The number of ether oxygens (including phenoxy) is 2. The molecular weight excluding hydrogens is 304 g/mol. The van der Waals surface area contributed by atoms with Gasteiger partial charge in [0.25, 0.3) is 0 Å². The Morgan fingerprint density at radius 3 is 2.43 bits per heavy atom. The quantitative estimate of drug-likeness (QED) is 0.497. The molecule has 0 aliphatic carbocycles. The van der Waals surface area contributed by atoms with Crippen molar-refractivity contribution in [3.63, 3.8) is 0 Å². The number of carbonyl (C=O) groups excluding carboxylic acids is 1. The highest BCUT2D eigenvalue weighted by Gasteiger charge is 2.03. The van der Waals surface area contributed by atoms with E-state index in [-0.39, 0.29) is 18.2 Å². The van der Waals surface area contributed by atoms with Crippen LogP contribution in [0.4, 0.5) is 8.78 Å². The highest BCUT2D eigenvalue weighted by Crippen LogP contribution is 2.15. The Hall–Kier alpha value is -1.66. The smallest absolute Gasteiger partial charge is 0.387 e. The second-order valence-electron chi connectivity index (χ2n) is 4.25. The van der Waals surface area contributed by atoms with Gasteiger partial charge in [-0.15, -0.1) is 0 Å². The third kappa shape index (κ3) is 8.99. The second kappa shape index (κ2) is 10.1. The van der Waals surface area contributed by atoms with Crippen molar-refractivity contribution >= 4 is 12.0 Å². The van der Waals surface area contributed by atoms with Crippen LogP contribution in [0.25, 0.3) is 6.08 Å². The van der Waals surface area contributed by atoms with Crippen molar-refractivity contribution in [3.05, 3.63) is 35.9 Å². The van der Waals surface area contributed by atoms with Crippen LogP contribution in [0.3, 0.4) is 0 Å². The van der Waals surface area contributed by atoms with E-state index >= 15 is 0 Å². The first-order chi connectivity index (χ1) is 9.47. The predicted molar refractivity (Wildman–Crippen MR) is 71.6 cm³/mol. The van der Waals surface area contributed by atoms with Gasteiger partial charge in [0.15, 0.2) is 0 Å². The number of benzene rings is 1. The summed E-state index contributed by atoms with van der Waals surface area (Å²) < 4.78 is 33.1. The molecule has 0 aliphatic rings. The van der Waals surface area contributed by atoms with Gasteiger partial charge < -0.3 is 26.8 Å². The monoisotopic (exact) mass is 320 g/mol. The van der Waals surface area contributed by atoms with Crippen molar-refractivity contribution < 1.29 is 35.5 Å². The zero-order chi connectivity index (χ0) is 15.0. The van der Waals surface area contributed by atoms with Gasteiger partial charge in [0.2, 0.25) is 0 Å². The van der Waals surface area contributed by atoms with Gasteiger partial charge in [-0.2, -0.15) is 8.78 Å². The van der Waals surface area contributed by atoms with E-state index in [2.05, 4.69) is 4.74 Å². The van der Waals surface area contributed by atoms with Crippen LogP contribution in [0.1, 0.15) is 5.56 Å². The topological polar surface area (TPSA) is 38.8 Å². The number of alkyl halides is 2. The molecular formula is C14H17ClF2NO3-. The molecule has 4 nitrogen and oxygen atoms in total. The summed E-state index contributed by atoms with van der Waals surface area (Å²) in [5, 5.41) is 0. The van der Waals surface area contributed by atoms with Gasteiger partial charge in [-0.05, 0) is 37.9 Å². The van der Waals surface area contributed by atoms with E-state index in [1.54, 1.807) is 18.2 Å². The standard InChI is InChI=1S/C14H17F2NO3.ClH/c1-17(2)9-10-19-13(18)8-5-11-3-6-12(7-4-11)20-14(15)16;/h3-8,14H,9-10H2,1-2H3;1H/p-1/b8-5+;. The molecule has 1 aromatic carbocycles. The molecule has 7 heteroatoms. The minimum absolute atomic E-state index is 0. The van der Waals surface area contributed by atoms with E-state index in [0.717, 1.165) is 0 Å². The Morgan fingerprint density at radius 2 is 1.90 bits per heavy atom. The first kappa shape index (κ1) is 19.3. The molecule has 0 aromatic heterocycles. The summed E-state index contributed by atoms with van der Waals surface area (Å²) in [5.74, 6) is -0.370. The van der Waals surface area contributed by atoms with Gasteiger partial charge in [0, 0.05) is 12.6 Å². The number of rotatable bonds is 7. The van der Waals surface area contributed by atoms with E-state index in [1.165, 1.54) is 18.2 Å². The first-order valence-corrected chi connectivity index (χ1v) is 6.02. The zero-order valence-corrected chi connectivity index (χ0v) is 12.5. The largest absolute Gasteiger partial charge is 1.00 e. The van der Waals surface area contributed by atoms with Crippen LogP contribution in [0, 0.1) is 0 Å². The Labute approximate surface area is 128 Å². The minimum Gasteiger partial charge on any atom is -1.00 e. The maximum absolute atomic E-state index is 11.9. The normalized spacial score (nSPS) is 10.8. The number of esters is 1. The van der Waals surface area contributed by atoms with Gasteiger partial charge in [-0.3, -0.25) is 0 Å². The molecule has 0 fully saturated rings. The van der Waals surface area contributed by atoms with Crippen LogP contribution in [0.2, 0.25) is 0 Å². The maximum atomic E-state index is 11.9. The number of hydrogen-bond acceptors (Lipinski definition) is 4. The number of likely N-dealkylation sites (N-methyl/N-ethyl adjacent to an activating group) is 1. The Bertz CT molecular complexity index is 450. The highest BCUT2D eigenvalue weighted by atomic mass is 35.5. The van der Waals surface area contributed by atoms with Crippen LogP contribution in [0.5, 0.6) is 5.75 Å². The van der Waals surface area contributed by atoms with Gasteiger partial charge in [0.05, 0.1) is 0 Å². The van der Waals surface area contributed by atoms with Gasteiger partial charge >= 0.3 is 12.6 Å². The second-order valence-corrected chi connectivity index (χ2v) is 4.25. The third-order valence-corrected chi connectivity index (χ3v) is 2.30. The molecule has 21 heavy (non-hydrogen) atoms. The Balaban J connectivity index is 0.00000400. The summed E-state index contributed by atoms with van der Waals surface area (Å²) in [6.07, 6.45) is 2.84. The molecule has 0 amide bonds. The molecule has 0 bridgehead atoms. The molecule has 0 spiro atoms. The average molecular weight is 321 g/mol. The van der Waals surface area contributed by atoms with Crippen LogP contribution in [0.15, 0.2) is 30.3 Å². The molecule has 0 saturated heterocycles. The van der Waals surface area contributed by atoms with Crippen molar-refractivity contribution in [2.24, 2.45) is 0 Å². The molecule has 1 aromatic rings. The highest BCUT2D eigenvalue weighted by molar-refractivity contribution is 5.87. The van der Waals surface area contributed by atoms with Crippen molar-refractivity contribution in [2.75, 3.05) is 27.2 Å². The predicted octanol–water partition coefficient (Wildman–Crippen LogP) is -0.590. The molecule has 0 saturated carbocycles. The summed E-state index contributed by atoms with van der Waals surface area (Å²) in [6, 6.07) is 5.95.